The van der Waals surface area contributed by atoms with E-state index in [1.165, 1.54) is 0 Å². The van der Waals surface area contributed by atoms with Gasteiger partial charge in [0.1, 0.15) is 5.76 Å². The van der Waals surface area contributed by atoms with Crippen molar-refractivity contribution in [3.05, 3.63) is 12.0 Å². The fourth-order valence-electron chi connectivity index (χ4n) is 0.456. The smallest absolute Gasteiger partial charge is 0.532 e. The molecule has 0 saturated carbocycles. The van der Waals surface area contributed by atoms with E-state index < -0.39 is 0 Å². The third-order valence-corrected chi connectivity index (χ3v) is 0.876. The zero-order chi connectivity index (χ0) is 5.11. The molecule has 0 aromatic carbocycles. The molecule has 0 aromatic heterocycles. The largest absolute Gasteiger partial charge is 0.576 e. The molecule has 7 heavy (non-hydrogen) atoms. The fourth-order valence-corrected chi connectivity index (χ4v) is 0.456. The maximum atomic E-state index is 4.94. The molecule has 1 aliphatic heterocycles. The molecular weight excluding hydrogens is 90.9 g/mol. The highest BCUT2D eigenvalue weighted by Crippen LogP contribution is 2.06. The third kappa shape index (κ3) is 0.887. The van der Waals surface area contributed by atoms with Gasteiger partial charge < -0.3 is 9.31 Å². The van der Waals surface area contributed by atoms with Crippen LogP contribution in [0.1, 0.15) is 13.3 Å². The van der Waals surface area contributed by atoms with Crippen LogP contribution in [-0.4, -0.2) is 7.69 Å². The Morgan fingerprint density at radius 3 is 3.00 bits per heavy atom. The lowest BCUT2D eigenvalue weighted by molar-refractivity contribution is 0.412. The predicted molar refractivity (Wildman–Crippen MR) is 27.7 cm³/mol. The lowest BCUT2D eigenvalue weighted by atomic mass is 10.4. The summed E-state index contributed by atoms with van der Waals surface area (Å²) in [6.07, 6.45) is 2.58. The van der Waals surface area contributed by atoms with Gasteiger partial charge in [-0.05, 0) is 0 Å². The van der Waals surface area contributed by atoms with Crippen LogP contribution in [0.2, 0.25) is 0 Å². The van der Waals surface area contributed by atoms with Gasteiger partial charge in [0.2, 0.25) is 0 Å². The second kappa shape index (κ2) is 1.91. The second-order valence-electron chi connectivity index (χ2n) is 1.37. The first-order valence-corrected chi connectivity index (χ1v) is 2.37. The van der Waals surface area contributed by atoms with Gasteiger partial charge in [0.25, 0.3) is 0 Å². The zero-order valence-corrected chi connectivity index (χ0v) is 4.31. The van der Waals surface area contributed by atoms with Crippen molar-refractivity contribution in [2.45, 2.75) is 13.3 Å². The Balaban J connectivity index is 2.36. The molecule has 38 valence electrons. The van der Waals surface area contributed by atoms with Gasteiger partial charge in [-0.15, -0.1) is 0 Å². The van der Waals surface area contributed by atoms with Gasteiger partial charge in [-0.2, -0.15) is 0 Å². The minimum Gasteiger partial charge on any atom is -0.532 e. The van der Waals surface area contributed by atoms with Crippen LogP contribution in [0, 0.1) is 0 Å². The quantitative estimate of drug-likeness (QED) is 0.446. The molecule has 0 aliphatic carbocycles. The van der Waals surface area contributed by atoms with Crippen molar-refractivity contribution in [2.24, 2.45) is 0 Å². The van der Waals surface area contributed by atoms with E-state index in [0.29, 0.717) is 7.69 Å². The lowest BCUT2D eigenvalue weighted by Crippen LogP contribution is -1.87. The van der Waals surface area contributed by atoms with Gasteiger partial charge in [-0.1, -0.05) is 6.92 Å². The molecule has 0 radical (unpaired) electrons. The van der Waals surface area contributed by atoms with Crippen molar-refractivity contribution in [1.82, 2.24) is 0 Å². The highest BCUT2D eigenvalue weighted by Gasteiger charge is 2.04. The van der Waals surface area contributed by atoms with Crippen LogP contribution in [0.5, 0.6) is 0 Å². The molecule has 0 unspecified atom stereocenters. The van der Waals surface area contributed by atoms with Crippen LogP contribution in [-0.2, 0) is 9.31 Å². The second-order valence-corrected chi connectivity index (χ2v) is 1.37. The van der Waals surface area contributed by atoms with Gasteiger partial charge >= 0.3 is 7.69 Å². The van der Waals surface area contributed by atoms with Crippen LogP contribution in [0.25, 0.3) is 0 Å². The minimum absolute atomic E-state index is 0.406. The Morgan fingerprint density at radius 2 is 2.71 bits per heavy atom. The van der Waals surface area contributed by atoms with Gasteiger partial charge in [-0.25, -0.2) is 0 Å². The van der Waals surface area contributed by atoms with E-state index in [2.05, 4.69) is 0 Å². The minimum atomic E-state index is 0.406. The normalized spacial score (nSPS) is 16.4. The SMILES string of the molecule is CCC1=COBO1. The van der Waals surface area contributed by atoms with Crippen molar-refractivity contribution in [3.8, 4) is 0 Å². The van der Waals surface area contributed by atoms with E-state index in [1.807, 2.05) is 6.92 Å². The number of rotatable bonds is 1. The Bertz CT molecular complexity index is 89.7. The fraction of sp³-hybridized carbons (Fsp3) is 0.500. The van der Waals surface area contributed by atoms with Crippen molar-refractivity contribution in [3.63, 3.8) is 0 Å². The molecule has 3 heteroatoms. The van der Waals surface area contributed by atoms with Crippen molar-refractivity contribution < 1.29 is 9.31 Å². The molecule has 0 spiro atoms. The summed E-state index contributed by atoms with van der Waals surface area (Å²) in [7, 11) is 0.406. The van der Waals surface area contributed by atoms with Gasteiger partial charge in [0, 0.05) is 6.42 Å². The average molecular weight is 97.9 g/mol. The average Bonchev–Trinajstić information content (AvgIpc) is 2.14. The molecule has 0 aromatic rings. The monoisotopic (exact) mass is 98.1 g/mol. The number of hydrogen-bond acceptors (Lipinski definition) is 2. The molecule has 2 nitrogen and oxygen atoms in total. The summed E-state index contributed by atoms with van der Waals surface area (Å²) < 4.78 is 9.70. The van der Waals surface area contributed by atoms with Crippen LogP contribution < -0.4 is 0 Å². The summed E-state index contributed by atoms with van der Waals surface area (Å²) in [5, 5.41) is 0. The lowest BCUT2D eigenvalue weighted by Gasteiger charge is -1.91. The maximum Gasteiger partial charge on any atom is 0.576 e. The van der Waals surface area contributed by atoms with E-state index in [9.17, 15) is 0 Å². The Kier molecular flexibility index (Phi) is 1.25. The summed E-state index contributed by atoms with van der Waals surface area (Å²) in [5.41, 5.74) is 0. The van der Waals surface area contributed by atoms with Gasteiger partial charge in [-0.3, -0.25) is 0 Å². The first kappa shape index (κ1) is 4.56. The summed E-state index contributed by atoms with van der Waals surface area (Å²) >= 11 is 0. The molecule has 1 aliphatic rings. The molecule has 1 rings (SSSR count). The van der Waals surface area contributed by atoms with E-state index in [-0.39, 0.29) is 0 Å². The molecule has 0 saturated heterocycles. The van der Waals surface area contributed by atoms with Gasteiger partial charge in [0.15, 0.2) is 0 Å². The highest BCUT2D eigenvalue weighted by atomic mass is 16.6. The molecule has 0 bridgehead atoms. The third-order valence-electron chi connectivity index (χ3n) is 0.876. The molecule has 0 fully saturated rings. The van der Waals surface area contributed by atoms with Crippen LogP contribution in [0.4, 0.5) is 0 Å². The molecule has 0 N–H and O–H groups in total. The van der Waals surface area contributed by atoms with E-state index >= 15 is 0 Å². The van der Waals surface area contributed by atoms with E-state index in [0.717, 1.165) is 12.2 Å². The number of hydrogen-bond donors (Lipinski definition) is 0. The highest BCUT2D eigenvalue weighted by molar-refractivity contribution is 6.19. The van der Waals surface area contributed by atoms with E-state index in [1.54, 1.807) is 6.26 Å². The first-order chi connectivity index (χ1) is 3.43. The Hall–Kier alpha value is -0.595. The maximum absolute atomic E-state index is 4.94. The summed E-state index contributed by atoms with van der Waals surface area (Å²) in [6.45, 7) is 2.03. The summed E-state index contributed by atoms with van der Waals surface area (Å²) in [6, 6.07) is 0. The summed E-state index contributed by atoms with van der Waals surface area (Å²) in [5.74, 6) is 0.944. The topological polar surface area (TPSA) is 18.5 Å². The van der Waals surface area contributed by atoms with Gasteiger partial charge in [0.05, 0.1) is 6.26 Å². The zero-order valence-electron chi connectivity index (χ0n) is 4.31. The Labute approximate surface area is 43.4 Å². The molecule has 0 amide bonds. The standard InChI is InChI=1S/C4H7BO2/c1-2-4-3-6-5-7-4/h3,5H,2H2,1H3. The molecular formula is C4H7BO2. The van der Waals surface area contributed by atoms with Crippen LogP contribution >= 0.6 is 0 Å². The van der Waals surface area contributed by atoms with Crippen LogP contribution in [0.15, 0.2) is 12.0 Å². The van der Waals surface area contributed by atoms with Crippen molar-refractivity contribution in [2.75, 3.05) is 0 Å². The predicted octanol–water partition coefficient (Wildman–Crippen LogP) is 0.551. The van der Waals surface area contributed by atoms with Crippen LogP contribution in [0.3, 0.4) is 0 Å². The first-order valence-electron chi connectivity index (χ1n) is 2.37. The van der Waals surface area contributed by atoms with E-state index in [4.69, 9.17) is 9.31 Å². The van der Waals surface area contributed by atoms with Crippen molar-refractivity contribution in [1.29, 1.82) is 0 Å². The Morgan fingerprint density at radius 1 is 1.86 bits per heavy atom. The molecule has 1 heterocycles. The van der Waals surface area contributed by atoms with Crippen molar-refractivity contribution >= 4 is 7.69 Å². The molecule has 0 atom stereocenters. The number of allylic oxidation sites excluding steroid dienone is 1. The summed E-state index contributed by atoms with van der Waals surface area (Å²) in [4.78, 5) is 0.